The minimum absolute atomic E-state index is 0.0194. The fourth-order valence-electron chi connectivity index (χ4n) is 2.17. The van der Waals surface area contributed by atoms with Gasteiger partial charge >= 0.3 is 0 Å². The molecule has 1 nitrogen and oxygen atoms in total. The van der Waals surface area contributed by atoms with Gasteiger partial charge in [-0.1, -0.05) is 78.6 Å². The van der Waals surface area contributed by atoms with Crippen LogP contribution in [0.25, 0.3) is 0 Å². The maximum atomic E-state index is 6.31. The van der Waals surface area contributed by atoms with Gasteiger partial charge in [-0.3, -0.25) is 0 Å². The number of terminal acetylenes is 1. The van der Waals surface area contributed by atoms with E-state index in [9.17, 15) is 0 Å². The average molecular weight is 311 g/mol. The molecule has 0 aliphatic rings. The molecule has 0 aromatic rings. The van der Waals surface area contributed by atoms with E-state index in [1.165, 1.54) is 51.4 Å². The first-order valence-electron chi connectivity index (χ1n) is 8.88. The van der Waals surface area contributed by atoms with Gasteiger partial charge in [0, 0.05) is 0 Å². The Kier molecular flexibility index (Phi) is 10.3. The molecule has 0 bridgehead atoms. The second-order valence-electron chi connectivity index (χ2n) is 7.80. The zero-order valence-electron chi connectivity index (χ0n) is 15.4. The maximum Gasteiger partial charge on any atom is 0.193 e. The Morgan fingerprint density at radius 2 is 1.43 bits per heavy atom. The molecule has 0 aromatic carbocycles. The van der Waals surface area contributed by atoms with Crippen LogP contribution < -0.4 is 0 Å². The van der Waals surface area contributed by atoms with Crippen LogP contribution in [0, 0.1) is 12.3 Å². The van der Waals surface area contributed by atoms with Crippen LogP contribution in [0.3, 0.4) is 0 Å². The van der Waals surface area contributed by atoms with Gasteiger partial charge in [-0.2, -0.15) is 0 Å². The zero-order valence-corrected chi connectivity index (χ0v) is 16.4. The summed E-state index contributed by atoms with van der Waals surface area (Å²) in [6, 6.07) is 0. The van der Waals surface area contributed by atoms with E-state index in [0.29, 0.717) is 0 Å². The molecular formula is C19H38OSi. The highest BCUT2D eigenvalue weighted by Gasteiger charge is 2.38. The van der Waals surface area contributed by atoms with Crippen LogP contribution in [0.1, 0.15) is 85.5 Å². The van der Waals surface area contributed by atoms with Gasteiger partial charge in [0.05, 0.1) is 0 Å². The molecule has 0 saturated heterocycles. The Labute approximate surface area is 135 Å². The standard InChI is InChI=1S/C19H38OSi/c1-8-10-11-12-13-14-15-16-17-18(9-2)20-21(6,7)19(3,4)5/h2,18H,8,10-17H2,1,3-7H3/t18-/m0/s1. The zero-order chi connectivity index (χ0) is 16.4. The molecule has 0 unspecified atom stereocenters. The Morgan fingerprint density at radius 1 is 0.952 bits per heavy atom. The van der Waals surface area contributed by atoms with E-state index in [0.717, 1.165) is 6.42 Å². The van der Waals surface area contributed by atoms with Gasteiger partial charge in [-0.25, -0.2) is 0 Å². The molecule has 0 heterocycles. The van der Waals surface area contributed by atoms with Gasteiger partial charge in [0.15, 0.2) is 8.32 Å². The van der Waals surface area contributed by atoms with E-state index in [1.807, 2.05) is 0 Å². The highest BCUT2D eigenvalue weighted by Crippen LogP contribution is 2.37. The molecule has 1 atom stereocenters. The average Bonchev–Trinajstić information content (AvgIpc) is 2.39. The minimum atomic E-state index is -1.72. The molecule has 0 amide bonds. The predicted octanol–water partition coefficient (Wildman–Crippen LogP) is 6.54. The highest BCUT2D eigenvalue weighted by atomic mass is 28.4. The number of hydrogen-bond donors (Lipinski definition) is 0. The molecule has 2 heteroatoms. The van der Waals surface area contributed by atoms with Crippen molar-refractivity contribution in [3.63, 3.8) is 0 Å². The van der Waals surface area contributed by atoms with E-state index in [4.69, 9.17) is 10.8 Å². The molecule has 0 aliphatic heterocycles. The van der Waals surface area contributed by atoms with Crippen molar-refractivity contribution in [2.45, 2.75) is 110 Å². The molecule has 0 N–H and O–H groups in total. The van der Waals surface area contributed by atoms with E-state index >= 15 is 0 Å². The van der Waals surface area contributed by atoms with Crippen molar-refractivity contribution in [3.8, 4) is 12.3 Å². The minimum Gasteiger partial charge on any atom is -0.403 e. The van der Waals surface area contributed by atoms with E-state index < -0.39 is 8.32 Å². The Hall–Kier alpha value is -0.263. The second kappa shape index (κ2) is 10.5. The maximum absolute atomic E-state index is 6.31. The normalized spacial score (nSPS) is 14.0. The fourth-order valence-corrected chi connectivity index (χ4v) is 3.42. The van der Waals surface area contributed by atoms with Crippen molar-refractivity contribution in [3.05, 3.63) is 0 Å². The molecule has 0 saturated carbocycles. The smallest absolute Gasteiger partial charge is 0.193 e. The van der Waals surface area contributed by atoms with Gasteiger partial charge in [0.1, 0.15) is 6.10 Å². The van der Waals surface area contributed by atoms with Crippen LogP contribution >= 0.6 is 0 Å². The third kappa shape index (κ3) is 9.37. The van der Waals surface area contributed by atoms with Crippen LogP contribution in [0.4, 0.5) is 0 Å². The van der Waals surface area contributed by atoms with Gasteiger partial charge in [0.2, 0.25) is 0 Å². The predicted molar refractivity (Wildman–Crippen MR) is 98.1 cm³/mol. The first-order valence-corrected chi connectivity index (χ1v) is 11.8. The van der Waals surface area contributed by atoms with E-state index in [1.54, 1.807) is 0 Å². The molecule has 0 aliphatic carbocycles. The molecular weight excluding hydrogens is 272 g/mol. The van der Waals surface area contributed by atoms with E-state index in [-0.39, 0.29) is 11.1 Å². The van der Waals surface area contributed by atoms with Crippen LogP contribution in [0.15, 0.2) is 0 Å². The Bertz CT molecular complexity index is 296. The highest BCUT2D eigenvalue weighted by molar-refractivity contribution is 6.74. The van der Waals surface area contributed by atoms with Crippen molar-refractivity contribution >= 4 is 8.32 Å². The summed E-state index contributed by atoms with van der Waals surface area (Å²) >= 11 is 0. The number of rotatable bonds is 11. The van der Waals surface area contributed by atoms with Crippen molar-refractivity contribution in [1.82, 2.24) is 0 Å². The largest absolute Gasteiger partial charge is 0.403 e. The molecule has 0 rings (SSSR count). The van der Waals surface area contributed by atoms with Crippen molar-refractivity contribution < 1.29 is 4.43 Å². The first-order chi connectivity index (χ1) is 9.74. The van der Waals surface area contributed by atoms with Crippen molar-refractivity contribution in [2.75, 3.05) is 0 Å². The molecule has 0 radical (unpaired) electrons. The Balaban J connectivity index is 3.85. The lowest BCUT2D eigenvalue weighted by Gasteiger charge is -2.38. The molecule has 0 spiro atoms. The molecule has 124 valence electrons. The van der Waals surface area contributed by atoms with Gasteiger partial charge in [-0.05, 0) is 31.0 Å². The number of hydrogen-bond acceptors (Lipinski definition) is 1. The van der Waals surface area contributed by atoms with E-state index in [2.05, 4.69) is 46.7 Å². The summed E-state index contributed by atoms with van der Waals surface area (Å²) in [5, 5.41) is 0.237. The SMILES string of the molecule is C#C[C@@H](CCCCCCCCCC)O[Si](C)(C)C(C)(C)C. The fraction of sp³-hybridized carbons (Fsp3) is 0.895. The molecule has 0 aromatic heterocycles. The topological polar surface area (TPSA) is 9.23 Å². The summed E-state index contributed by atoms with van der Waals surface area (Å²) in [6.07, 6.45) is 17.5. The molecule has 21 heavy (non-hydrogen) atoms. The summed E-state index contributed by atoms with van der Waals surface area (Å²) in [5.74, 6) is 2.86. The Morgan fingerprint density at radius 3 is 1.86 bits per heavy atom. The van der Waals surface area contributed by atoms with Gasteiger partial charge in [-0.15, -0.1) is 6.42 Å². The summed E-state index contributed by atoms with van der Waals surface area (Å²) in [7, 11) is -1.72. The van der Waals surface area contributed by atoms with Crippen LogP contribution in [0.2, 0.25) is 18.1 Å². The van der Waals surface area contributed by atoms with Crippen LogP contribution in [0.5, 0.6) is 0 Å². The summed E-state index contributed by atoms with van der Waals surface area (Å²) in [5.41, 5.74) is 0. The quantitative estimate of drug-likeness (QED) is 0.239. The molecule has 0 fully saturated rings. The van der Waals surface area contributed by atoms with Crippen molar-refractivity contribution in [2.24, 2.45) is 0 Å². The number of unbranched alkanes of at least 4 members (excludes halogenated alkanes) is 7. The summed E-state index contributed by atoms with van der Waals surface area (Å²) in [6.45, 7) is 13.6. The van der Waals surface area contributed by atoms with Crippen LogP contribution in [-0.4, -0.2) is 14.4 Å². The lowest BCUT2D eigenvalue weighted by atomic mass is 10.1. The van der Waals surface area contributed by atoms with Crippen LogP contribution in [-0.2, 0) is 4.43 Å². The third-order valence-electron chi connectivity index (χ3n) is 4.75. The lowest BCUT2D eigenvalue weighted by molar-refractivity contribution is 0.219. The van der Waals surface area contributed by atoms with Gasteiger partial charge in [0.25, 0.3) is 0 Å². The summed E-state index contributed by atoms with van der Waals surface area (Å²) < 4.78 is 6.31. The second-order valence-corrected chi connectivity index (χ2v) is 12.6. The first kappa shape index (κ1) is 20.7. The van der Waals surface area contributed by atoms with Gasteiger partial charge < -0.3 is 4.43 Å². The summed E-state index contributed by atoms with van der Waals surface area (Å²) in [4.78, 5) is 0. The third-order valence-corrected chi connectivity index (χ3v) is 9.23. The van der Waals surface area contributed by atoms with Crippen molar-refractivity contribution in [1.29, 1.82) is 0 Å². The lowest BCUT2D eigenvalue weighted by Crippen LogP contribution is -2.43. The monoisotopic (exact) mass is 310 g/mol.